The Morgan fingerprint density at radius 1 is 1.32 bits per heavy atom. The molecule has 25 heavy (non-hydrogen) atoms. The molecule has 0 saturated heterocycles. The first-order chi connectivity index (χ1) is 11.9. The average Bonchev–Trinajstić information content (AvgIpc) is 2.91. The second-order valence-corrected chi connectivity index (χ2v) is 6.53. The van der Waals surface area contributed by atoms with Crippen LogP contribution in [0.3, 0.4) is 0 Å². The number of hydrogen-bond donors (Lipinski definition) is 1. The summed E-state index contributed by atoms with van der Waals surface area (Å²) >= 11 is 9.09. The zero-order valence-corrected chi connectivity index (χ0v) is 15.3. The van der Waals surface area contributed by atoms with E-state index in [1.807, 2.05) is 12.1 Å². The van der Waals surface area contributed by atoms with Gasteiger partial charge < -0.3 is 14.5 Å². The third-order valence-corrected chi connectivity index (χ3v) is 4.13. The van der Waals surface area contributed by atoms with E-state index in [2.05, 4.69) is 26.2 Å². The van der Waals surface area contributed by atoms with E-state index in [0.717, 1.165) is 9.86 Å². The Morgan fingerprint density at radius 2 is 2.12 bits per heavy atom. The summed E-state index contributed by atoms with van der Waals surface area (Å²) in [5.41, 5.74) is 1.23. The number of amides is 1. The van der Waals surface area contributed by atoms with Crippen molar-refractivity contribution in [3.05, 3.63) is 57.3 Å². The number of fused-ring (bicyclic) bond motifs is 1. The van der Waals surface area contributed by atoms with Gasteiger partial charge in [0.25, 0.3) is 5.91 Å². The minimum absolute atomic E-state index is 0.0746. The van der Waals surface area contributed by atoms with Crippen LogP contribution in [0.2, 0.25) is 5.02 Å². The Balaban J connectivity index is 1.65. The van der Waals surface area contributed by atoms with Crippen molar-refractivity contribution in [3.63, 3.8) is 0 Å². The molecular weight excluding hydrogens is 412 g/mol. The highest BCUT2D eigenvalue weighted by atomic mass is 79.9. The Bertz CT molecular complexity index is 953. The Morgan fingerprint density at radius 3 is 2.84 bits per heavy atom. The molecule has 128 valence electrons. The second-order valence-electron chi connectivity index (χ2n) is 5.18. The molecule has 6 nitrogen and oxygen atoms in total. The van der Waals surface area contributed by atoms with Crippen molar-refractivity contribution in [2.24, 2.45) is 0 Å². The molecule has 0 aliphatic carbocycles. The fourth-order valence-electron chi connectivity index (χ4n) is 2.21. The van der Waals surface area contributed by atoms with Crippen molar-refractivity contribution in [3.8, 4) is 0 Å². The number of esters is 1. The van der Waals surface area contributed by atoms with Crippen LogP contribution in [0.1, 0.15) is 16.1 Å². The molecule has 1 amide bonds. The minimum Gasteiger partial charge on any atom is -0.450 e. The molecule has 0 saturated carbocycles. The van der Waals surface area contributed by atoms with Gasteiger partial charge in [-0.2, -0.15) is 0 Å². The molecule has 0 bridgehead atoms. The first-order valence-electron chi connectivity index (χ1n) is 7.21. The van der Waals surface area contributed by atoms with Crippen LogP contribution in [0.15, 0.2) is 45.4 Å². The van der Waals surface area contributed by atoms with Crippen molar-refractivity contribution < 1.29 is 18.7 Å². The van der Waals surface area contributed by atoms with E-state index >= 15 is 0 Å². The lowest BCUT2D eigenvalue weighted by Gasteiger charge is -2.05. The number of halogens is 2. The third kappa shape index (κ3) is 4.00. The summed E-state index contributed by atoms with van der Waals surface area (Å²) in [6, 6.07) is 8.55. The second kappa shape index (κ2) is 7.25. The molecule has 0 unspecified atom stereocenters. The summed E-state index contributed by atoms with van der Waals surface area (Å²) in [6.45, 7) is 1.30. The van der Waals surface area contributed by atoms with E-state index in [1.165, 1.54) is 6.20 Å². The number of benzene rings is 1. The molecule has 1 N–H and O–H groups in total. The Kier molecular flexibility index (Phi) is 5.06. The molecule has 0 fully saturated rings. The normalized spacial score (nSPS) is 10.7. The quantitative estimate of drug-likeness (QED) is 0.631. The number of aromatic nitrogens is 1. The predicted octanol–water partition coefficient (Wildman–Crippen LogP) is 4.35. The molecule has 0 spiro atoms. The summed E-state index contributed by atoms with van der Waals surface area (Å²) in [6.07, 6.45) is 1.40. The number of aryl methyl sites for hydroxylation is 1. The van der Waals surface area contributed by atoms with Crippen LogP contribution in [0, 0.1) is 6.92 Å². The van der Waals surface area contributed by atoms with Gasteiger partial charge in [0.05, 0.1) is 5.02 Å². The van der Waals surface area contributed by atoms with Gasteiger partial charge >= 0.3 is 5.97 Å². The molecular formula is C17H12BrClN2O4. The van der Waals surface area contributed by atoms with Crippen molar-refractivity contribution in [1.82, 2.24) is 4.98 Å². The highest BCUT2D eigenvalue weighted by Gasteiger charge is 2.20. The SMILES string of the molecule is Cc1c(C(=O)OCC(=O)Nc2ccc(Cl)cn2)oc2ccc(Br)cc12. The van der Waals surface area contributed by atoms with Crippen LogP contribution >= 0.6 is 27.5 Å². The standard InChI is InChI=1S/C17H12BrClN2O4/c1-9-12-6-10(18)2-4-13(12)25-16(9)17(23)24-8-15(22)21-14-5-3-11(19)7-20-14/h2-7H,8H2,1H3,(H,20,21,22). The molecule has 2 heterocycles. The number of pyridine rings is 1. The summed E-state index contributed by atoms with van der Waals surface area (Å²) in [5.74, 6) is -0.829. The molecule has 3 rings (SSSR count). The zero-order chi connectivity index (χ0) is 18.0. The molecule has 0 aliphatic heterocycles. The van der Waals surface area contributed by atoms with Crippen molar-refractivity contribution in [1.29, 1.82) is 0 Å². The van der Waals surface area contributed by atoms with E-state index in [-0.39, 0.29) is 5.76 Å². The van der Waals surface area contributed by atoms with Gasteiger partial charge in [-0.15, -0.1) is 0 Å². The molecule has 2 aromatic heterocycles. The number of carbonyl (C=O) groups is 2. The number of anilines is 1. The predicted molar refractivity (Wildman–Crippen MR) is 96.8 cm³/mol. The zero-order valence-electron chi connectivity index (χ0n) is 13.0. The molecule has 1 aromatic carbocycles. The summed E-state index contributed by atoms with van der Waals surface area (Å²) in [4.78, 5) is 27.9. The number of furan rings is 1. The third-order valence-electron chi connectivity index (χ3n) is 3.41. The lowest BCUT2D eigenvalue weighted by molar-refractivity contribution is -0.119. The number of nitrogens with one attached hydrogen (secondary N) is 1. The molecule has 0 atom stereocenters. The van der Waals surface area contributed by atoms with Crippen LogP contribution < -0.4 is 5.32 Å². The van der Waals surface area contributed by atoms with Crippen molar-refractivity contribution in [2.45, 2.75) is 6.92 Å². The maximum absolute atomic E-state index is 12.2. The molecule has 0 radical (unpaired) electrons. The molecule has 8 heteroatoms. The minimum atomic E-state index is -0.705. The Labute approximate surface area is 156 Å². The molecule has 3 aromatic rings. The van der Waals surface area contributed by atoms with E-state index in [0.29, 0.717) is 22.0 Å². The van der Waals surface area contributed by atoms with Crippen molar-refractivity contribution >= 4 is 56.2 Å². The first-order valence-corrected chi connectivity index (χ1v) is 8.38. The fraction of sp³-hybridized carbons (Fsp3) is 0.118. The number of rotatable bonds is 4. The van der Waals surface area contributed by atoms with Gasteiger partial charge in [0.1, 0.15) is 11.4 Å². The smallest absolute Gasteiger partial charge is 0.375 e. The van der Waals surface area contributed by atoms with Gasteiger partial charge in [-0.1, -0.05) is 27.5 Å². The first kappa shape index (κ1) is 17.4. The topological polar surface area (TPSA) is 81.4 Å². The van der Waals surface area contributed by atoms with E-state index in [1.54, 1.807) is 25.1 Å². The number of hydrogen-bond acceptors (Lipinski definition) is 5. The Hall–Kier alpha value is -2.38. The van der Waals surface area contributed by atoms with E-state index in [4.69, 9.17) is 20.8 Å². The number of carbonyl (C=O) groups excluding carboxylic acids is 2. The van der Waals surface area contributed by atoms with Gasteiger partial charge in [-0.05, 0) is 37.3 Å². The monoisotopic (exact) mass is 422 g/mol. The highest BCUT2D eigenvalue weighted by Crippen LogP contribution is 2.28. The summed E-state index contributed by atoms with van der Waals surface area (Å²) < 4.78 is 11.4. The van der Waals surface area contributed by atoms with Gasteiger partial charge in [0.2, 0.25) is 5.76 Å². The number of nitrogens with zero attached hydrogens (tertiary/aromatic N) is 1. The van der Waals surface area contributed by atoms with Gasteiger partial charge in [0.15, 0.2) is 6.61 Å². The van der Waals surface area contributed by atoms with Crippen LogP contribution in [0.5, 0.6) is 0 Å². The maximum atomic E-state index is 12.2. The van der Waals surface area contributed by atoms with Crippen LogP contribution in [0.25, 0.3) is 11.0 Å². The van der Waals surface area contributed by atoms with Crippen LogP contribution in [0.4, 0.5) is 5.82 Å². The largest absolute Gasteiger partial charge is 0.450 e. The lowest BCUT2D eigenvalue weighted by atomic mass is 10.1. The summed E-state index contributed by atoms with van der Waals surface area (Å²) in [7, 11) is 0. The lowest BCUT2D eigenvalue weighted by Crippen LogP contribution is -2.21. The van der Waals surface area contributed by atoms with Gasteiger partial charge in [-0.3, -0.25) is 4.79 Å². The van der Waals surface area contributed by atoms with Crippen LogP contribution in [-0.4, -0.2) is 23.5 Å². The van der Waals surface area contributed by atoms with E-state index in [9.17, 15) is 9.59 Å². The van der Waals surface area contributed by atoms with Gasteiger partial charge in [0, 0.05) is 21.6 Å². The average molecular weight is 424 g/mol. The van der Waals surface area contributed by atoms with Crippen molar-refractivity contribution in [2.75, 3.05) is 11.9 Å². The highest BCUT2D eigenvalue weighted by molar-refractivity contribution is 9.10. The number of ether oxygens (including phenoxy) is 1. The van der Waals surface area contributed by atoms with Crippen LogP contribution in [-0.2, 0) is 9.53 Å². The maximum Gasteiger partial charge on any atom is 0.375 e. The molecule has 0 aliphatic rings. The van der Waals surface area contributed by atoms with E-state index < -0.39 is 18.5 Å². The summed E-state index contributed by atoms with van der Waals surface area (Å²) in [5, 5.41) is 3.76. The van der Waals surface area contributed by atoms with Gasteiger partial charge in [-0.25, -0.2) is 9.78 Å². The fourth-order valence-corrected chi connectivity index (χ4v) is 2.69.